The van der Waals surface area contributed by atoms with Crippen LogP contribution in [0.3, 0.4) is 0 Å². The lowest BCUT2D eigenvalue weighted by molar-refractivity contribution is -0.385. The molecule has 7 nitrogen and oxygen atoms in total. The second-order valence-corrected chi connectivity index (χ2v) is 6.12. The van der Waals surface area contributed by atoms with Gasteiger partial charge in [0.15, 0.2) is 0 Å². The van der Waals surface area contributed by atoms with Crippen molar-refractivity contribution in [3.05, 3.63) is 34.4 Å². The summed E-state index contributed by atoms with van der Waals surface area (Å²) < 4.78 is 26.4. The maximum absolute atomic E-state index is 12.0. The van der Waals surface area contributed by atoms with Crippen LogP contribution in [-0.2, 0) is 10.0 Å². The van der Waals surface area contributed by atoms with E-state index in [0.29, 0.717) is 0 Å². The average molecular weight is 288 g/mol. The van der Waals surface area contributed by atoms with E-state index in [9.17, 15) is 18.5 Å². The minimum atomic E-state index is -3.89. The highest BCUT2D eigenvalue weighted by Crippen LogP contribution is 2.18. The van der Waals surface area contributed by atoms with Crippen LogP contribution in [0.15, 0.2) is 29.2 Å². The van der Waals surface area contributed by atoms with Gasteiger partial charge in [-0.3, -0.25) is 10.1 Å². The minimum Gasteiger partial charge on any atom is -0.395 e. The molecule has 1 aromatic carbocycles. The van der Waals surface area contributed by atoms with Gasteiger partial charge in [0.2, 0.25) is 10.0 Å². The number of hydrogen-bond acceptors (Lipinski definition) is 5. The van der Waals surface area contributed by atoms with Gasteiger partial charge in [-0.1, -0.05) is 19.9 Å². The molecule has 0 fully saturated rings. The van der Waals surface area contributed by atoms with Crippen LogP contribution in [0.1, 0.15) is 13.8 Å². The number of nitrogens with zero attached hydrogens (tertiary/aromatic N) is 1. The largest absolute Gasteiger partial charge is 0.395 e. The average Bonchev–Trinajstić information content (AvgIpc) is 2.35. The Bertz CT molecular complexity index is 556. The van der Waals surface area contributed by atoms with Gasteiger partial charge in [-0.15, -0.1) is 0 Å². The maximum Gasteiger partial charge on any atom is 0.270 e. The fourth-order valence-electron chi connectivity index (χ4n) is 1.42. The number of nitrogens with one attached hydrogen (secondary N) is 1. The second kappa shape index (κ2) is 6.09. The van der Waals surface area contributed by atoms with Crippen molar-refractivity contribution in [1.82, 2.24) is 4.72 Å². The summed E-state index contributed by atoms with van der Waals surface area (Å²) in [4.78, 5) is 9.76. The number of aliphatic hydroxyl groups is 1. The molecule has 1 rings (SSSR count). The number of aliphatic hydroxyl groups excluding tert-OH is 1. The van der Waals surface area contributed by atoms with Gasteiger partial charge < -0.3 is 5.11 Å². The molecule has 1 unspecified atom stereocenters. The molecule has 8 heteroatoms. The van der Waals surface area contributed by atoms with Gasteiger partial charge in [0.05, 0.1) is 16.4 Å². The minimum absolute atomic E-state index is 0.0986. The third-order valence-electron chi connectivity index (χ3n) is 2.65. The van der Waals surface area contributed by atoms with Crippen LogP contribution in [0.25, 0.3) is 0 Å². The summed E-state index contributed by atoms with van der Waals surface area (Å²) in [6.07, 6.45) is 0. The number of nitro groups is 1. The van der Waals surface area contributed by atoms with E-state index in [2.05, 4.69) is 4.72 Å². The zero-order chi connectivity index (χ0) is 14.6. The molecular weight excluding hydrogens is 272 g/mol. The van der Waals surface area contributed by atoms with Crippen molar-refractivity contribution in [3.8, 4) is 0 Å². The molecule has 0 saturated carbocycles. The van der Waals surface area contributed by atoms with Crippen molar-refractivity contribution >= 4 is 15.7 Å². The topological polar surface area (TPSA) is 110 Å². The summed E-state index contributed by atoms with van der Waals surface area (Å²) in [5.74, 6) is -0.0986. The second-order valence-electron chi connectivity index (χ2n) is 4.41. The van der Waals surface area contributed by atoms with Crippen LogP contribution in [0.2, 0.25) is 0 Å². The lowest BCUT2D eigenvalue weighted by Gasteiger charge is -2.19. The zero-order valence-electron chi connectivity index (χ0n) is 10.6. The van der Waals surface area contributed by atoms with E-state index in [1.807, 2.05) is 0 Å². The third kappa shape index (κ3) is 3.98. The van der Waals surface area contributed by atoms with E-state index in [-0.39, 0.29) is 23.1 Å². The fraction of sp³-hybridized carbons (Fsp3) is 0.455. The molecule has 0 heterocycles. The Labute approximate surface area is 111 Å². The van der Waals surface area contributed by atoms with Crippen LogP contribution < -0.4 is 4.72 Å². The van der Waals surface area contributed by atoms with E-state index in [1.54, 1.807) is 13.8 Å². The molecule has 106 valence electrons. The summed E-state index contributed by atoms with van der Waals surface area (Å²) in [5.41, 5.74) is -0.298. The molecule has 19 heavy (non-hydrogen) atoms. The molecule has 0 spiro atoms. The SMILES string of the molecule is CC(C)C(CO)NS(=O)(=O)c1cccc([N+](=O)[O-])c1. The predicted octanol–water partition coefficient (Wildman–Crippen LogP) is 0.890. The summed E-state index contributed by atoms with van der Waals surface area (Å²) >= 11 is 0. The van der Waals surface area contributed by atoms with Gasteiger partial charge in [-0.2, -0.15) is 0 Å². The van der Waals surface area contributed by atoms with Crippen LogP contribution in [0, 0.1) is 16.0 Å². The highest BCUT2D eigenvalue weighted by Gasteiger charge is 2.23. The number of non-ortho nitro benzene ring substituents is 1. The Hall–Kier alpha value is -1.51. The van der Waals surface area contributed by atoms with Gasteiger partial charge in [-0.25, -0.2) is 13.1 Å². The van der Waals surface area contributed by atoms with E-state index >= 15 is 0 Å². The van der Waals surface area contributed by atoms with Crippen molar-refractivity contribution in [2.24, 2.45) is 5.92 Å². The van der Waals surface area contributed by atoms with Crippen molar-refractivity contribution in [3.63, 3.8) is 0 Å². The zero-order valence-corrected chi connectivity index (χ0v) is 11.4. The number of nitro benzene ring substituents is 1. The Kier molecular flexibility index (Phi) is 4.98. The first-order valence-electron chi connectivity index (χ1n) is 5.65. The summed E-state index contributed by atoms with van der Waals surface area (Å²) in [6, 6.07) is 4.13. The van der Waals surface area contributed by atoms with Crippen molar-refractivity contribution in [1.29, 1.82) is 0 Å². The first kappa shape index (κ1) is 15.5. The fourth-order valence-corrected chi connectivity index (χ4v) is 2.83. The van der Waals surface area contributed by atoms with Gasteiger partial charge in [0.1, 0.15) is 0 Å². The van der Waals surface area contributed by atoms with Crippen molar-refractivity contribution in [2.75, 3.05) is 6.61 Å². The predicted molar refractivity (Wildman–Crippen MR) is 69.1 cm³/mol. The van der Waals surface area contributed by atoms with Crippen LogP contribution in [-0.4, -0.2) is 31.1 Å². The van der Waals surface area contributed by atoms with E-state index in [1.165, 1.54) is 18.2 Å². The van der Waals surface area contributed by atoms with Gasteiger partial charge >= 0.3 is 0 Å². The highest BCUT2D eigenvalue weighted by atomic mass is 32.2. The lowest BCUT2D eigenvalue weighted by Crippen LogP contribution is -2.41. The molecule has 1 atom stereocenters. The molecule has 0 bridgehead atoms. The molecule has 2 N–H and O–H groups in total. The normalized spacial score (nSPS) is 13.5. The molecule has 0 saturated heterocycles. The van der Waals surface area contributed by atoms with E-state index in [0.717, 1.165) is 6.07 Å². The first-order chi connectivity index (χ1) is 8.77. The Morgan fingerprint density at radius 2 is 2.05 bits per heavy atom. The Morgan fingerprint density at radius 1 is 1.42 bits per heavy atom. The van der Waals surface area contributed by atoms with Crippen LogP contribution in [0.4, 0.5) is 5.69 Å². The molecular formula is C11H16N2O5S. The van der Waals surface area contributed by atoms with Crippen molar-refractivity contribution in [2.45, 2.75) is 24.8 Å². The highest BCUT2D eigenvalue weighted by molar-refractivity contribution is 7.89. The summed E-state index contributed by atoms with van der Waals surface area (Å²) in [6.45, 7) is 3.18. The molecule has 0 amide bonds. The van der Waals surface area contributed by atoms with Crippen LogP contribution in [0.5, 0.6) is 0 Å². The standard InChI is InChI=1S/C11H16N2O5S/c1-8(2)11(7-14)12-19(17,18)10-5-3-4-9(6-10)13(15)16/h3-6,8,11-12,14H,7H2,1-2H3. The molecule has 1 aromatic rings. The molecule has 0 aliphatic heterocycles. The number of hydrogen-bond donors (Lipinski definition) is 2. The monoisotopic (exact) mass is 288 g/mol. The van der Waals surface area contributed by atoms with Gasteiger partial charge in [0.25, 0.3) is 5.69 Å². The molecule has 0 aromatic heterocycles. The number of sulfonamides is 1. The molecule has 0 aliphatic carbocycles. The smallest absolute Gasteiger partial charge is 0.270 e. The first-order valence-corrected chi connectivity index (χ1v) is 7.14. The van der Waals surface area contributed by atoms with E-state index < -0.39 is 21.0 Å². The van der Waals surface area contributed by atoms with Gasteiger partial charge in [-0.05, 0) is 12.0 Å². The summed E-state index contributed by atoms with van der Waals surface area (Å²) in [5, 5.41) is 19.7. The lowest BCUT2D eigenvalue weighted by atomic mass is 10.1. The molecule has 0 radical (unpaired) electrons. The molecule has 0 aliphatic rings. The van der Waals surface area contributed by atoms with E-state index in [4.69, 9.17) is 5.11 Å². The quantitative estimate of drug-likeness (QED) is 0.596. The van der Waals surface area contributed by atoms with Gasteiger partial charge in [0, 0.05) is 18.2 Å². The summed E-state index contributed by atoms with van der Waals surface area (Å²) in [7, 11) is -3.89. The van der Waals surface area contributed by atoms with Crippen molar-refractivity contribution < 1.29 is 18.4 Å². The maximum atomic E-state index is 12.0. The van der Waals surface area contributed by atoms with Crippen LogP contribution >= 0.6 is 0 Å². The third-order valence-corrected chi connectivity index (χ3v) is 4.13. The Balaban J connectivity index is 3.06. The Morgan fingerprint density at radius 3 is 2.53 bits per heavy atom. The number of rotatable bonds is 6. The number of benzene rings is 1.